The third-order valence-electron chi connectivity index (χ3n) is 5.92. The third kappa shape index (κ3) is 3.75. The highest BCUT2D eigenvalue weighted by Gasteiger charge is 2.15. The van der Waals surface area contributed by atoms with Gasteiger partial charge in [-0.15, -0.1) is 11.3 Å². The van der Waals surface area contributed by atoms with Gasteiger partial charge in [0.15, 0.2) is 0 Å². The Labute approximate surface area is 181 Å². The topological polar surface area (TPSA) is 34.6 Å². The Morgan fingerprint density at radius 3 is 2.63 bits per heavy atom. The largest absolute Gasteiger partial charge is 0.496 e. The van der Waals surface area contributed by atoms with Crippen LogP contribution in [0.5, 0.6) is 11.5 Å². The second-order valence-corrected chi connectivity index (χ2v) is 8.72. The fourth-order valence-corrected chi connectivity index (χ4v) is 5.12. The monoisotopic (exact) mass is 418 g/mol. The van der Waals surface area contributed by atoms with Gasteiger partial charge in [-0.1, -0.05) is 18.6 Å². The van der Waals surface area contributed by atoms with Crippen LogP contribution in [0.2, 0.25) is 0 Å². The molecular weight excluding hydrogens is 392 g/mol. The minimum atomic E-state index is 0.733. The number of hydrogen-bond acceptors (Lipinski definition) is 5. The van der Waals surface area contributed by atoms with Gasteiger partial charge < -0.3 is 9.47 Å². The minimum Gasteiger partial charge on any atom is -0.496 e. The van der Waals surface area contributed by atoms with Gasteiger partial charge in [-0.3, -0.25) is 9.88 Å². The summed E-state index contributed by atoms with van der Waals surface area (Å²) in [5.74, 6) is 1.77. The summed E-state index contributed by atoms with van der Waals surface area (Å²) < 4.78 is 12.9. The van der Waals surface area contributed by atoms with Gasteiger partial charge in [0, 0.05) is 29.1 Å². The van der Waals surface area contributed by atoms with Gasteiger partial charge in [-0.2, -0.15) is 0 Å². The summed E-state index contributed by atoms with van der Waals surface area (Å²) in [5.41, 5.74) is 3.19. The van der Waals surface area contributed by atoms with E-state index in [4.69, 9.17) is 9.47 Å². The summed E-state index contributed by atoms with van der Waals surface area (Å²) in [6, 6.07) is 14.6. The van der Waals surface area contributed by atoms with Gasteiger partial charge in [0.1, 0.15) is 18.1 Å². The molecule has 1 saturated heterocycles. The fourth-order valence-electron chi connectivity index (χ4n) is 4.36. The normalized spacial score (nSPS) is 15.0. The van der Waals surface area contributed by atoms with Crippen molar-refractivity contribution in [2.45, 2.75) is 19.3 Å². The van der Waals surface area contributed by atoms with Crippen molar-refractivity contribution in [1.82, 2.24) is 9.88 Å². The zero-order valence-electron chi connectivity index (χ0n) is 17.3. The van der Waals surface area contributed by atoms with Crippen LogP contribution in [0.25, 0.3) is 32.1 Å². The lowest BCUT2D eigenvalue weighted by Crippen LogP contribution is -2.33. The number of fused-ring (bicyclic) bond motifs is 3. The number of rotatable bonds is 6. The zero-order valence-corrected chi connectivity index (χ0v) is 18.1. The van der Waals surface area contributed by atoms with E-state index in [-0.39, 0.29) is 0 Å². The quantitative estimate of drug-likeness (QED) is 0.385. The van der Waals surface area contributed by atoms with E-state index in [0.717, 1.165) is 46.7 Å². The minimum absolute atomic E-state index is 0.733. The van der Waals surface area contributed by atoms with Gasteiger partial charge in [0.2, 0.25) is 0 Å². The molecular formula is C25H26N2O2S. The average Bonchev–Trinajstić information content (AvgIpc) is 3.29. The molecule has 1 aliphatic rings. The van der Waals surface area contributed by atoms with E-state index >= 15 is 0 Å². The Hall–Kier alpha value is -2.63. The van der Waals surface area contributed by atoms with Crippen LogP contribution in [0, 0.1) is 0 Å². The number of pyridine rings is 1. The summed E-state index contributed by atoms with van der Waals surface area (Å²) in [6.07, 6.45) is 5.95. The van der Waals surface area contributed by atoms with E-state index in [1.54, 1.807) is 18.4 Å². The highest BCUT2D eigenvalue weighted by molar-refractivity contribution is 7.17. The molecule has 2 aromatic heterocycles. The summed E-state index contributed by atoms with van der Waals surface area (Å²) >= 11 is 1.72. The fraction of sp³-hybridized carbons (Fsp3) is 0.320. The van der Waals surface area contributed by atoms with Crippen molar-refractivity contribution in [2.24, 2.45) is 0 Å². The van der Waals surface area contributed by atoms with E-state index < -0.39 is 0 Å². The molecule has 2 aromatic carbocycles. The molecule has 5 heteroatoms. The average molecular weight is 419 g/mol. The number of methoxy groups -OCH3 is 1. The maximum Gasteiger partial charge on any atom is 0.127 e. The zero-order chi connectivity index (χ0) is 20.3. The summed E-state index contributed by atoms with van der Waals surface area (Å²) in [5, 5.41) is 4.49. The van der Waals surface area contributed by atoms with E-state index in [1.807, 2.05) is 18.3 Å². The summed E-state index contributed by atoms with van der Waals surface area (Å²) in [6.45, 7) is 4.14. The number of nitrogens with zero attached hydrogens (tertiary/aromatic N) is 2. The molecule has 3 heterocycles. The Bertz CT molecular complexity index is 1150. The summed E-state index contributed by atoms with van der Waals surface area (Å²) in [4.78, 5) is 7.17. The maximum absolute atomic E-state index is 6.02. The van der Waals surface area contributed by atoms with Crippen molar-refractivity contribution >= 4 is 32.3 Å². The number of aromatic nitrogens is 1. The predicted octanol–water partition coefficient (Wildman–Crippen LogP) is 5.99. The molecule has 4 nitrogen and oxygen atoms in total. The van der Waals surface area contributed by atoms with Gasteiger partial charge in [0.25, 0.3) is 0 Å². The van der Waals surface area contributed by atoms with Crippen LogP contribution < -0.4 is 9.47 Å². The van der Waals surface area contributed by atoms with Crippen molar-refractivity contribution < 1.29 is 9.47 Å². The molecule has 5 rings (SSSR count). The highest BCUT2D eigenvalue weighted by Crippen LogP contribution is 2.41. The molecule has 1 aliphatic heterocycles. The molecule has 0 bridgehead atoms. The van der Waals surface area contributed by atoms with E-state index in [1.165, 1.54) is 42.4 Å². The maximum atomic E-state index is 6.02. The van der Waals surface area contributed by atoms with Crippen molar-refractivity contribution in [2.75, 3.05) is 33.4 Å². The van der Waals surface area contributed by atoms with Crippen LogP contribution in [-0.4, -0.2) is 43.2 Å². The second kappa shape index (κ2) is 8.62. The molecule has 0 amide bonds. The first-order chi connectivity index (χ1) is 14.8. The Morgan fingerprint density at radius 2 is 1.83 bits per heavy atom. The van der Waals surface area contributed by atoms with Gasteiger partial charge in [0.05, 0.1) is 17.3 Å². The highest BCUT2D eigenvalue weighted by atomic mass is 32.1. The first kappa shape index (κ1) is 19.3. The van der Waals surface area contributed by atoms with E-state index in [0.29, 0.717) is 0 Å². The van der Waals surface area contributed by atoms with E-state index in [9.17, 15) is 0 Å². The molecule has 0 aliphatic carbocycles. The number of piperidine rings is 1. The van der Waals surface area contributed by atoms with Gasteiger partial charge in [-0.25, -0.2) is 0 Å². The number of benzene rings is 2. The number of likely N-dealkylation sites (tertiary alicyclic amines) is 1. The molecule has 1 fully saturated rings. The smallest absolute Gasteiger partial charge is 0.127 e. The molecule has 154 valence electrons. The van der Waals surface area contributed by atoms with Gasteiger partial charge >= 0.3 is 0 Å². The van der Waals surface area contributed by atoms with Gasteiger partial charge in [-0.05, 0) is 67.2 Å². The lowest BCUT2D eigenvalue weighted by molar-refractivity contribution is 0.183. The third-order valence-corrected chi connectivity index (χ3v) is 6.77. The number of hydrogen-bond donors (Lipinski definition) is 0. The Kier molecular flexibility index (Phi) is 5.56. The Morgan fingerprint density at radius 1 is 1.00 bits per heavy atom. The van der Waals surface area contributed by atoms with Crippen molar-refractivity contribution in [3.63, 3.8) is 0 Å². The van der Waals surface area contributed by atoms with Crippen LogP contribution in [0.4, 0.5) is 0 Å². The van der Waals surface area contributed by atoms with Crippen LogP contribution >= 0.6 is 11.3 Å². The molecule has 0 N–H and O–H groups in total. The molecule has 0 unspecified atom stereocenters. The second-order valence-electron chi connectivity index (χ2n) is 7.77. The number of thiophene rings is 1. The molecule has 0 spiro atoms. The lowest BCUT2D eigenvalue weighted by atomic mass is 9.97. The summed E-state index contributed by atoms with van der Waals surface area (Å²) in [7, 11) is 1.73. The molecule has 0 radical (unpaired) electrons. The Balaban J connectivity index is 1.43. The van der Waals surface area contributed by atoms with Crippen LogP contribution in [0.3, 0.4) is 0 Å². The molecule has 4 aromatic rings. The molecule has 0 atom stereocenters. The SMILES string of the molecule is COc1ccc2ncc3sccc3c2c1-c1ccc(OCCN2CCCCC2)cc1. The van der Waals surface area contributed by atoms with Crippen molar-refractivity contribution in [3.05, 3.63) is 54.0 Å². The lowest BCUT2D eigenvalue weighted by Gasteiger charge is -2.26. The van der Waals surface area contributed by atoms with Crippen LogP contribution in [0.15, 0.2) is 54.0 Å². The predicted molar refractivity (Wildman–Crippen MR) is 125 cm³/mol. The molecule has 0 saturated carbocycles. The standard InChI is InChI=1S/C25H26N2O2S/c1-28-22-10-9-21-25(20-11-16-30-23(20)17-26-21)24(22)18-5-7-19(8-6-18)29-15-14-27-12-3-2-4-13-27/h5-11,16-17H,2-4,12-15H2,1H3. The van der Waals surface area contributed by atoms with E-state index in [2.05, 4.69) is 45.6 Å². The van der Waals surface area contributed by atoms with Crippen LogP contribution in [-0.2, 0) is 0 Å². The first-order valence-electron chi connectivity index (χ1n) is 10.6. The first-order valence-corrected chi connectivity index (χ1v) is 11.5. The van der Waals surface area contributed by atoms with Crippen molar-refractivity contribution in [1.29, 1.82) is 0 Å². The number of ether oxygens (including phenoxy) is 2. The molecule has 30 heavy (non-hydrogen) atoms. The van der Waals surface area contributed by atoms with Crippen molar-refractivity contribution in [3.8, 4) is 22.6 Å². The van der Waals surface area contributed by atoms with Crippen LogP contribution in [0.1, 0.15) is 19.3 Å².